The van der Waals surface area contributed by atoms with Gasteiger partial charge in [0.05, 0.1) is 17.1 Å². The van der Waals surface area contributed by atoms with Crippen LogP contribution in [0.2, 0.25) is 0 Å². The minimum atomic E-state index is -4.52. The van der Waals surface area contributed by atoms with E-state index in [0.29, 0.717) is 15.8 Å². The fraction of sp³-hybridized carbons (Fsp3) is 0.111. The van der Waals surface area contributed by atoms with Gasteiger partial charge in [-0.2, -0.15) is 18.4 Å². The Kier molecular flexibility index (Phi) is 6.05. The number of alkyl halides is 3. The summed E-state index contributed by atoms with van der Waals surface area (Å²) in [6, 6.07) is 10.9. The second kappa shape index (κ2) is 8.06. The lowest BCUT2D eigenvalue weighted by molar-refractivity contribution is -0.137. The number of anilines is 1. The van der Waals surface area contributed by atoms with Gasteiger partial charge < -0.3 is 10.1 Å². The zero-order chi connectivity index (χ0) is 19.3. The summed E-state index contributed by atoms with van der Waals surface area (Å²) in [5.74, 6) is -0.229. The first-order chi connectivity index (χ1) is 12.2. The SMILES string of the molecule is COc1ccc(C=C(C#N)C(=O)Nc2cccc(C(F)(F)F)c2)cc1Br. The van der Waals surface area contributed by atoms with E-state index in [1.165, 1.54) is 25.3 Å². The lowest BCUT2D eigenvalue weighted by Crippen LogP contribution is -2.14. The minimum absolute atomic E-state index is 0.0538. The summed E-state index contributed by atoms with van der Waals surface area (Å²) in [6.07, 6.45) is -3.20. The summed E-state index contributed by atoms with van der Waals surface area (Å²) >= 11 is 3.29. The second-order valence-corrected chi connectivity index (χ2v) is 5.95. The first-order valence-electron chi connectivity index (χ1n) is 7.18. The Balaban J connectivity index is 2.24. The number of nitrogens with zero attached hydrogens (tertiary/aromatic N) is 1. The monoisotopic (exact) mass is 424 g/mol. The molecule has 1 N–H and O–H groups in total. The number of carbonyl (C=O) groups is 1. The Morgan fingerprint density at radius 3 is 2.58 bits per heavy atom. The fourth-order valence-electron chi connectivity index (χ4n) is 2.06. The molecular formula is C18H12BrF3N2O2. The van der Waals surface area contributed by atoms with Gasteiger partial charge in [-0.1, -0.05) is 12.1 Å². The van der Waals surface area contributed by atoms with Gasteiger partial charge in [-0.25, -0.2) is 0 Å². The molecule has 4 nitrogen and oxygen atoms in total. The lowest BCUT2D eigenvalue weighted by atomic mass is 10.1. The number of hydrogen-bond donors (Lipinski definition) is 1. The number of nitrogens with one attached hydrogen (secondary N) is 1. The van der Waals surface area contributed by atoms with Crippen molar-refractivity contribution in [3.8, 4) is 11.8 Å². The number of ether oxygens (including phenoxy) is 1. The quantitative estimate of drug-likeness (QED) is 0.553. The van der Waals surface area contributed by atoms with Gasteiger partial charge >= 0.3 is 6.18 Å². The van der Waals surface area contributed by atoms with Crippen LogP contribution in [0.5, 0.6) is 5.75 Å². The Hall–Kier alpha value is -2.79. The summed E-state index contributed by atoms with van der Waals surface area (Å²) in [7, 11) is 1.50. The molecule has 0 aliphatic heterocycles. The van der Waals surface area contributed by atoms with Crippen LogP contribution in [-0.4, -0.2) is 13.0 Å². The van der Waals surface area contributed by atoms with Crippen LogP contribution in [0.3, 0.4) is 0 Å². The lowest BCUT2D eigenvalue weighted by Gasteiger charge is -2.09. The van der Waals surface area contributed by atoms with Crippen LogP contribution in [0.25, 0.3) is 6.08 Å². The molecular weight excluding hydrogens is 413 g/mol. The molecule has 0 radical (unpaired) electrons. The van der Waals surface area contributed by atoms with Crippen molar-refractivity contribution in [1.29, 1.82) is 5.26 Å². The number of carbonyl (C=O) groups excluding carboxylic acids is 1. The summed E-state index contributed by atoms with van der Waals surface area (Å²) in [4.78, 5) is 12.2. The third-order valence-corrected chi connectivity index (χ3v) is 3.92. The van der Waals surface area contributed by atoms with Crippen LogP contribution in [0.15, 0.2) is 52.5 Å². The smallest absolute Gasteiger partial charge is 0.416 e. The Morgan fingerprint density at radius 1 is 1.27 bits per heavy atom. The van der Waals surface area contributed by atoms with E-state index in [1.54, 1.807) is 24.3 Å². The average Bonchev–Trinajstić information content (AvgIpc) is 2.59. The second-order valence-electron chi connectivity index (χ2n) is 5.10. The van der Waals surface area contributed by atoms with E-state index in [-0.39, 0.29) is 11.3 Å². The highest BCUT2D eigenvalue weighted by Crippen LogP contribution is 2.31. The van der Waals surface area contributed by atoms with Gasteiger partial charge in [-0.3, -0.25) is 4.79 Å². The zero-order valence-electron chi connectivity index (χ0n) is 13.4. The van der Waals surface area contributed by atoms with Gasteiger partial charge in [-0.05, 0) is 57.9 Å². The molecule has 0 aliphatic rings. The molecule has 0 bridgehead atoms. The molecule has 134 valence electrons. The molecule has 2 aromatic rings. The largest absolute Gasteiger partial charge is 0.496 e. The molecule has 0 atom stereocenters. The number of hydrogen-bond acceptors (Lipinski definition) is 3. The average molecular weight is 425 g/mol. The van der Waals surface area contributed by atoms with Crippen molar-refractivity contribution < 1.29 is 22.7 Å². The molecule has 2 aromatic carbocycles. The molecule has 0 unspecified atom stereocenters. The summed E-state index contributed by atoms with van der Waals surface area (Å²) in [6.45, 7) is 0. The molecule has 2 rings (SSSR count). The number of rotatable bonds is 4. The summed E-state index contributed by atoms with van der Waals surface area (Å²) in [5.41, 5.74) is -0.647. The molecule has 0 fully saturated rings. The maximum atomic E-state index is 12.7. The van der Waals surface area contributed by atoms with Gasteiger partial charge in [0.2, 0.25) is 0 Å². The van der Waals surface area contributed by atoms with Crippen molar-refractivity contribution in [2.75, 3.05) is 12.4 Å². The van der Waals surface area contributed by atoms with Gasteiger partial charge in [0.1, 0.15) is 17.4 Å². The van der Waals surface area contributed by atoms with E-state index in [1.807, 2.05) is 0 Å². The number of halogens is 4. The Labute approximate surface area is 156 Å². The zero-order valence-corrected chi connectivity index (χ0v) is 15.0. The van der Waals surface area contributed by atoms with Crippen molar-refractivity contribution in [3.63, 3.8) is 0 Å². The number of nitriles is 1. The Morgan fingerprint density at radius 2 is 2.00 bits per heavy atom. The van der Waals surface area contributed by atoms with Crippen molar-refractivity contribution in [2.45, 2.75) is 6.18 Å². The molecule has 0 aromatic heterocycles. The van der Waals surface area contributed by atoms with Crippen LogP contribution in [0.1, 0.15) is 11.1 Å². The van der Waals surface area contributed by atoms with Crippen LogP contribution in [0, 0.1) is 11.3 Å². The third kappa shape index (κ3) is 4.86. The van der Waals surface area contributed by atoms with Crippen molar-refractivity contribution in [3.05, 3.63) is 63.6 Å². The van der Waals surface area contributed by atoms with E-state index in [0.717, 1.165) is 12.1 Å². The highest BCUT2D eigenvalue weighted by Gasteiger charge is 2.30. The highest BCUT2D eigenvalue weighted by atomic mass is 79.9. The predicted molar refractivity (Wildman–Crippen MR) is 94.4 cm³/mol. The van der Waals surface area contributed by atoms with Crippen molar-refractivity contribution in [1.82, 2.24) is 0 Å². The van der Waals surface area contributed by atoms with E-state index >= 15 is 0 Å². The van der Waals surface area contributed by atoms with Gasteiger partial charge in [0.15, 0.2) is 0 Å². The number of benzene rings is 2. The van der Waals surface area contributed by atoms with Crippen LogP contribution in [0.4, 0.5) is 18.9 Å². The van der Waals surface area contributed by atoms with Crippen LogP contribution >= 0.6 is 15.9 Å². The van der Waals surface area contributed by atoms with E-state index in [9.17, 15) is 23.2 Å². The van der Waals surface area contributed by atoms with E-state index < -0.39 is 17.6 Å². The Bertz CT molecular complexity index is 902. The maximum Gasteiger partial charge on any atom is 0.416 e. The van der Waals surface area contributed by atoms with Crippen molar-refractivity contribution in [2.24, 2.45) is 0 Å². The first-order valence-corrected chi connectivity index (χ1v) is 7.98. The number of methoxy groups -OCH3 is 1. The molecule has 0 heterocycles. The van der Waals surface area contributed by atoms with Crippen LogP contribution < -0.4 is 10.1 Å². The maximum absolute atomic E-state index is 12.7. The topological polar surface area (TPSA) is 62.1 Å². The van der Waals surface area contributed by atoms with E-state index in [2.05, 4.69) is 21.2 Å². The molecule has 8 heteroatoms. The molecule has 0 aliphatic carbocycles. The standard InChI is InChI=1S/C18H12BrF3N2O2/c1-26-16-6-5-11(8-15(16)19)7-12(10-23)17(25)24-14-4-2-3-13(9-14)18(20,21)22/h2-9H,1H3,(H,24,25). The molecule has 0 spiro atoms. The highest BCUT2D eigenvalue weighted by molar-refractivity contribution is 9.10. The van der Waals surface area contributed by atoms with E-state index in [4.69, 9.17) is 4.74 Å². The predicted octanol–water partition coefficient (Wildman–Crippen LogP) is 5.02. The summed E-state index contributed by atoms with van der Waals surface area (Å²) in [5, 5.41) is 11.5. The third-order valence-electron chi connectivity index (χ3n) is 3.30. The minimum Gasteiger partial charge on any atom is -0.496 e. The normalized spacial score (nSPS) is 11.6. The molecule has 0 saturated heterocycles. The van der Waals surface area contributed by atoms with Crippen molar-refractivity contribution >= 4 is 33.6 Å². The number of amides is 1. The fourth-order valence-corrected chi connectivity index (χ4v) is 2.62. The molecule has 0 saturated carbocycles. The molecule has 1 amide bonds. The summed E-state index contributed by atoms with van der Waals surface area (Å²) < 4.78 is 43.9. The van der Waals surface area contributed by atoms with Crippen LogP contribution in [-0.2, 0) is 11.0 Å². The van der Waals surface area contributed by atoms with Gasteiger partial charge in [-0.15, -0.1) is 0 Å². The van der Waals surface area contributed by atoms with Gasteiger partial charge in [0, 0.05) is 5.69 Å². The van der Waals surface area contributed by atoms with Gasteiger partial charge in [0.25, 0.3) is 5.91 Å². The molecule has 26 heavy (non-hydrogen) atoms. The first kappa shape index (κ1) is 19.5.